The van der Waals surface area contributed by atoms with E-state index in [4.69, 9.17) is 14.2 Å². The zero-order valence-electron chi connectivity index (χ0n) is 20.5. The third kappa shape index (κ3) is 6.82. The number of rotatable bonds is 9. The van der Waals surface area contributed by atoms with Crippen molar-refractivity contribution in [1.82, 2.24) is 10.3 Å². The fourth-order valence-corrected chi connectivity index (χ4v) is 4.05. The van der Waals surface area contributed by atoms with Gasteiger partial charge in [-0.2, -0.15) is 5.10 Å². The summed E-state index contributed by atoms with van der Waals surface area (Å²) in [5.74, 6) is -0.817. The number of hydrogen-bond donors (Lipinski definition) is 1. The van der Waals surface area contributed by atoms with Crippen molar-refractivity contribution in [3.05, 3.63) is 53.8 Å². The van der Waals surface area contributed by atoms with Crippen LogP contribution < -0.4 is 19.8 Å². The minimum atomic E-state index is -0.575. The van der Waals surface area contributed by atoms with E-state index in [2.05, 4.69) is 10.5 Å². The van der Waals surface area contributed by atoms with Crippen molar-refractivity contribution in [2.24, 2.45) is 11.0 Å². The van der Waals surface area contributed by atoms with E-state index in [1.807, 2.05) is 6.92 Å². The summed E-state index contributed by atoms with van der Waals surface area (Å²) in [4.78, 5) is 40.4. The van der Waals surface area contributed by atoms with Crippen LogP contribution in [0.25, 0.3) is 0 Å². The molecule has 2 saturated heterocycles. The number of halogens is 1. The maximum atomic E-state index is 13.2. The maximum Gasteiger partial charge on any atom is 0.260 e. The van der Waals surface area contributed by atoms with Crippen molar-refractivity contribution < 1.29 is 33.0 Å². The second kappa shape index (κ2) is 12.3. The number of nitrogens with one attached hydrogen (secondary N) is 1. The molecule has 1 atom stereocenters. The van der Waals surface area contributed by atoms with E-state index in [-0.39, 0.29) is 37.3 Å². The molecule has 0 radical (unpaired) electrons. The fourth-order valence-electron chi connectivity index (χ4n) is 4.05. The lowest BCUT2D eigenvalue weighted by molar-refractivity contribution is -0.137. The van der Waals surface area contributed by atoms with Crippen LogP contribution in [0.1, 0.15) is 18.9 Å². The van der Waals surface area contributed by atoms with E-state index in [1.54, 1.807) is 23.1 Å². The molecular weight excluding hydrogens is 483 g/mol. The van der Waals surface area contributed by atoms with E-state index in [1.165, 1.54) is 35.4 Å². The number of hydrogen-bond acceptors (Lipinski definition) is 7. The highest BCUT2D eigenvalue weighted by atomic mass is 19.1. The average Bonchev–Trinajstić information content (AvgIpc) is 3.30. The Labute approximate surface area is 214 Å². The molecule has 2 fully saturated rings. The Morgan fingerprint density at radius 3 is 2.62 bits per heavy atom. The quantitative estimate of drug-likeness (QED) is 0.407. The van der Waals surface area contributed by atoms with Crippen LogP contribution in [-0.4, -0.2) is 74.9 Å². The van der Waals surface area contributed by atoms with Gasteiger partial charge in [-0.05, 0) is 55.0 Å². The summed E-state index contributed by atoms with van der Waals surface area (Å²) < 4.78 is 29.8. The van der Waals surface area contributed by atoms with Crippen LogP contribution in [0, 0.1) is 11.7 Å². The molecule has 4 rings (SSSR count). The Hall–Kier alpha value is -3.99. The number of carbonyl (C=O) groups is 3. The Morgan fingerprint density at radius 2 is 1.89 bits per heavy atom. The Morgan fingerprint density at radius 1 is 1.14 bits per heavy atom. The molecule has 2 heterocycles. The third-order valence-electron chi connectivity index (χ3n) is 6.01. The number of ether oxygens (including phenoxy) is 3. The van der Waals surface area contributed by atoms with Crippen molar-refractivity contribution in [2.45, 2.75) is 13.3 Å². The van der Waals surface area contributed by atoms with Gasteiger partial charge in [0.1, 0.15) is 5.82 Å². The number of carbonyl (C=O) groups excluding carboxylic acids is 3. The van der Waals surface area contributed by atoms with Gasteiger partial charge < -0.3 is 24.0 Å². The molecule has 196 valence electrons. The van der Waals surface area contributed by atoms with E-state index >= 15 is 0 Å². The number of benzene rings is 2. The zero-order valence-corrected chi connectivity index (χ0v) is 20.5. The predicted octanol–water partition coefficient (Wildman–Crippen LogP) is 1.97. The van der Waals surface area contributed by atoms with Crippen molar-refractivity contribution in [3.63, 3.8) is 0 Å². The van der Waals surface area contributed by atoms with Gasteiger partial charge in [-0.1, -0.05) is 0 Å². The summed E-state index contributed by atoms with van der Waals surface area (Å²) >= 11 is 0. The summed E-state index contributed by atoms with van der Waals surface area (Å²) in [6, 6.07) is 10.7. The van der Waals surface area contributed by atoms with Crippen LogP contribution in [0.2, 0.25) is 0 Å². The predicted molar refractivity (Wildman–Crippen MR) is 133 cm³/mol. The second-order valence-electron chi connectivity index (χ2n) is 8.54. The molecule has 11 heteroatoms. The molecule has 0 aliphatic carbocycles. The highest BCUT2D eigenvalue weighted by Gasteiger charge is 2.35. The maximum absolute atomic E-state index is 13.2. The van der Waals surface area contributed by atoms with Gasteiger partial charge in [-0.15, -0.1) is 0 Å². The number of anilines is 1. The molecule has 37 heavy (non-hydrogen) atoms. The van der Waals surface area contributed by atoms with Gasteiger partial charge in [0.05, 0.1) is 32.0 Å². The average molecular weight is 513 g/mol. The Balaban J connectivity index is 1.32. The van der Waals surface area contributed by atoms with Gasteiger partial charge in [-0.25, -0.2) is 9.82 Å². The highest BCUT2D eigenvalue weighted by molar-refractivity contribution is 6.00. The monoisotopic (exact) mass is 512 g/mol. The lowest BCUT2D eigenvalue weighted by atomic mass is 10.1. The van der Waals surface area contributed by atoms with Gasteiger partial charge in [0.15, 0.2) is 18.1 Å². The number of hydrazone groups is 1. The Kier molecular flexibility index (Phi) is 8.68. The summed E-state index contributed by atoms with van der Waals surface area (Å²) in [5.41, 5.74) is 3.67. The topological polar surface area (TPSA) is 110 Å². The van der Waals surface area contributed by atoms with Crippen LogP contribution in [0.3, 0.4) is 0 Å². The molecule has 2 aliphatic rings. The van der Waals surface area contributed by atoms with E-state index in [0.717, 1.165) is 0 Å². The van der Waals surface area contributed by atoms with Crippen LogP contribution >= 0.6 is 0 Å². The van der Waals surface area contributed by atoms with Crippen LogP contribution in [0.5, 0.6) is 11.5 Å². The fraction of sp³-hybridized carbons (Fsp3) is 0.385. The molecule has 0 saturated carbocycles. The molecule has 3 amide bonds. The van der Waals surface area contributed by atoms with Gasteiger partial charge in [0, 0.05) is 31.7 Å². The lowest BCUT2D eigenvalue weighted by Crippen LogP contribution is -2.43. The molecular formula is C26H29FN4O6. The third-order valence-corrected chi connectivity index (χ3v) is 6.01. The first-order valence-electron chi connectivity index (χ1n) is 12.1. The van der Waals surface area contributed by atoms with Crippen LogP contribution in [0.4, 0.5) is 10.1 Å². The summed E-state index contributed by atoms with van der Waals surface area (Å²) in [6.45, 7) is 4.43. The second-order valence-corrected chi connectivity index (χ2v) is 8.54. The minimum absolute atomic E-state index is 0.0441. The van der Waals surface area contributed by atoms with Crippen LogP contribution in [0.15, 0.2) is 47.6 Å². The number of morpholine rings is 1. The SMILES string of the molecule is CCOc1cc(/C=N\NC(=O)[C@@H]2CC(=O)N(c3ccc(F)cc3)C2)ccc1OCC(=O)N1CCOCC1. The standard InChI is InChI=1S/C26H29FN4O6/c1-2-36-23-13-18(3-8-22(23)37-17-25(33)30-9-11-35-12-10-30)15-28-29-26(34)19-14-24(32)31(16-19)21-6-4-20(27)5-7-21/h3-8,13,15,19H,2,9-12,14,16-17H2,1H3,(H,29,34)/b28-15-/t19-/m1/s1. The number of amides is 3. The van der Waals surface area contributed by atoms with Gasteiger partial charge in [0.25, 0.3) is 5.91 Å². The zero-order chi connectivity index (χ0) is 26.2. The molecule has 10 nitrogen and oxygen atoms in total. The summed E-state index contributed by atoms with van der Waals surface area (Å²) in [5, 5.41) is 4.01. The first-order chi connectivity index (χ1) is 17.9. The first kappa shape index (κ1) is 26.1. The molecule has 0 bridgehead atoms. The van der Waals surface area contributed by atoms with Crippen molar-refractivity contribution >= 4 is 29.6 Å². The van der Waals surface area contributed by atoms with E-state index < -0.39 is 11.7 Å². The highest BCUT2D eigenvalue weighted by Crippen LogP contribution is 2.28. The van der Waals surface area contributed by atoms with Gasteiger partial charge >= 0.3 is 0 Å². The summed E-state index contributed by atoms with van der Waals surface area (Å²) in [7, 11) is 0. The molecule has 0 spiro atoms. The van der Waals surface area contributed by atoms with Crippen molar-refractivity contribution in [1.29, 1.82) is 0 Å². The van der Waals surface area contributed by atoms with Gasteiger partial charge in [-0.3, -0.25) is 14.4 Å². The molecule has 0 aromatic heterocycles. The van der Waals surface area contributed by atoms with Crippen molar-refractivity contribution in [3.8, 4) is 11.5 Å². The molecule has 2 aromatic carbocycles. The van der Waals surface area contributed by atoms with E-state index in [9.17, 15) is 18.8 Å². The summed E-state index contributed by atoms with van der Waals surface area (Å²) in [6.07, 6.45) is 1.50. The normalized spacial score (nSPS) is 17.8. The largest absolute Gasteiger partial charge is 0.490 e. The minimum Gasteiger partial charge on any atom is -0.490 e. The van der Waals surface area contributed by atoms with Gasteiger partial charge in [0.2, 0.25) is 11.8 Å². The van der Waals surface area contributed by atoms with Crippen molar-refractivity contribution in [2.75, 3.05) is 51.0 Å². The molecule has 0 unspecified atom stereocenters. The smallest absolute Gasteiger partial charge is 0.260 e. The molecule has 2 aliphatic heterocycles. The lowest BCUT2D eigenvalue weighted by Gasteiger charge is -2.26. The Bertz CT molecular complexity index is 1150. The first-order valence-corrected chi connectivity index (χ1v) is 12.1. The number of nitrogens with zero attached hydrogens (tertiary/aromatic N) is 3. The van der Waals surface area contributed by atoms with E-state index in [0.29, 0.717) is 55.7 Å². The molecule has 2 aromatic rings. The van der Waals surface area contributed by atoms with Crippen LogP contribution in [-0.2, 0) is 19.1 Å². The molecule has 1 N–H and O–H groups in total.